The predicted molar refractivity (Wildman–Crippen MR) is 85.5 cm³/mol. The van der Waals surface area contributed by atoms with E-state index < -0.39 is 0 Å². The topological polar surface area (TPSA) is 12.5 Å². The molecular weight excluding hydrogens is 349 g/mol. The van der Waals surface area contributed by atoms with Gasteiger partial charge in [0.05, 0.1) is 0 Å². The van der Waals surface area contributed by atoms with Crippen LogP contribution >= 0.6 is 0 Å². The predicted octanol–water partition coefficient (Wildman–Crippen LogP) is 2.84. The molecule has 0 spiro atoms. The van der Waals surface area contributed by atoms with Crippen LogP contribution in [0.2, 0.25) is 0 Å². The van der Waals surface area contributed by atoms with Gasteiger partial charge >= 0.3 is 0 Å². The van der Waals surface area contributed by atoms with Crippen LogP contribution in [0.25, 0.3) is 0 Å². The van der Waals surface area contributed by atoms with Gasteiger partial charge in [0.15, 0.2) is 0 Å². The summed E-state index contributed by atoms with van der Waals surface area (Å²) < 4.78 is 5.88. The summed E-state index contributed by atoms with van der Waals surface area (Å²) in [6, 6.07) is 18.8. The molecule has 0 aliphatic heterocycles. The van der Waals surface area contributed by atoms with Gasteiger partial charge in [0, 0.05) is 38.8 Å². The molecule has 2 aromatic rings. The van der Waals surface area contributed by atoms with Gasteiger partial charge < -0.3 is 9.64 Å². The maximum Gasteiger partial charge on any atom is 0.122 e. The molecule has 0 heterocycles. The van der Waals surface area contributed by atoms with E-state index in [2.05, 4.69) is 55.4 Å². The van der Waals surface area contributed by atoms with Crippen LogP contribution < -0.4 is 4.74 Å². The fraction of sp³-hybridized carbons (Fsp3) is 0.294. The Hall–Kier alpha value is -0.930. The maximum atomic E-state index is 5.88. The van der Waals surface area contributed by atoms with Crippen molar-refractivity contribution < 1.29 is 4.74 Å². The van der Waals surface area contributed by atoms with Crippen molar-refractivity contribution in [3.63, 3.8) is 0 Å². The Kier molecular flexibility index (Phi) is 7.78. The van der Waals surface area contributed by atoms with Crippen LogP contribution in [0.1, 0.15) is 11.1 Å². The van der Waals surface area contributed by atoms with Crippen LogP contribution in [0, 0.1) is 0 Å². The largest absolute Gasteiger partial charge is 0.492 e. The quantitative estimate of drug-likeness (QED) is 0.776. The zero-order chi connectivity index (χ0) is 13.5. The summed E-state index contributed by atoms with van der Waals surface area (Å²) in [5.41, 5.74) is 2.55. The van der Waals surface area contributed by atoms with Crippen molar-refractivity contribution in [1.82, 2.24) is 4.90 Å². The van der Waals surface area contributed by atoms with E-state index in [0.717, 1.165) is 25.3 Å². The Bertz CT molecular complexity index is 499. The maximum absolute atomic E-state index is 5.88. The molecule has 103 valence electrons. The first-order chi connectivity index (χ1) is 9.25. The minimum absolute atomic E-state index is 0. The van der Waals surface area contributed by atoms with E-state index in [1.807, 2.05) is 18.2 Å². The normalized spacial score (nSPS) is 10.2. The second-order valence-corrected chi connectivity index (χ2v) is 4.92. The van der Waals surface area contributed by atoms with Crippen molar-refractivity contribution >= 4 is 25.8 Å². The number of rotatable bonds is 6. The van der Waals surface area contributed by atoms with Gasteiger partial charge in [-0.1, -0.05) is 48.5 Å². The van der Waals surface area contributed by atoms with Gasteiger partial charge in [-0.15, -0.1) is 0 Å². The zero-order valence-corrected chi connectivity index (χ0v) is 15.5. The number of para-hydroxylation sites is 1. The monoisotopic (exact) mass is 370 g/mol. The van der Waals surface area contributed by atoms with E-state index in [1.165, 1.54) is 11.1 Å². The zero-order valence-electron chi connectivity index (χ0n) is 12.3. The van der Waals surface area contributed by atoms with Gasteiger partial charge in [-0.2, -0.15) is 0 Å². The molecule has 2 rings (SSSR count). The number of ether oxygens (including phenoxy) is 1. The van der Waals surface area contributed by atoms with Gasteiger partial charge in [0.2, 0.25) is 0 Å². The number of benzene rings is 2. The molecule has 0 bridgehead atoms. The summed E-state index contributed by atoms with van der Waals surface area (Å²) in [7, 11) is 4.11. The Labute approximate surface area is 140 Å². The molecule has 3 heteroatoms. The van der Waals surface area contributed by atoms with Crippen molar-refractivity contribution in [1.29, 1.82) is 0 Å². The minimum Gasteiger partial charge on any atom is -0.492 e. The molecule has 0 aliphatic rings. The average molecular weight is 370 g/mol. The third-order valence-corrected chi connectivity index (χ3v) is 3.01. The Balaban J connectivity index is 0.00000200. The molecule has 3 radical (unpaired) electrons. The molecule has 0 saturated carbocycles. The molecule has 0 unspecified atom stereocenters. The van der Waals surface area contributed by atoms with E-state index in [1.54, 1.807) is 0 Å². The number of nitrogens with zero attached hydrogens (tertiary/aromatic N) is 1. The summed E-state index contributed by atoms with van der Waals surface area (Å²) in [6.07, 6.45) is 0.916. The molecule has 2 aromatic carbocycles. The van der Waals surface area contributed by atoms with Crippen LogP contribution in [-0.2, 0) is 6.42 Å². The number of likely N-dealkylation sites (N-methyl/N-ethyl adjacent to an activating group) is 1. The second-order valence-electron chi connectivity index (χ2n) is 4.92. The molecule has 20 heavy (non-hydrogen) atoms. The standard InChI is InChI=1S/C17H21NO.In/c1-18(2)12-13-19-17-11-7-6-10-16(17)14-15-8-4-3-5-9-15;/h3-11H,12-14H2,1-2H3;. The molecule has 2 nitrogen and oxygen atoms in total. The SMILES string of the molecule is CN(C)CCOc1ccccc1Cc1ccccc1.[In]. The second kappa shape index (κ2) is 9.09. The van der Waals surface area contributed by atoms with Crippen molar-refractivity contribution in [3.8, 4) is 5.75 Å². The van der Waals surface area contributed by atoms with E-state index in [0.29, 0.717) is 0 Å². The van der Waals surface area contributed by atoms with Crippen molar-refractivity contribution in [3.05, 3.63) is 65.7 Å². The van der Waals surface area contributed by atoms with Crippen LogP contribution in [0.15, 0.2) is 54.6 Å². The summed E-state index contributed by atoms with van der Waals surface area (Å²) in [4.78, 5) is 2.12. The summed E-state index contributed by atoms with van der Waals surface area (Å²) in [6.45, 7) is 1.65. The fourth-order valence-electron chi connectivity index (χ4n) is 1.94. The first-order valence-corrected chi connectivity index (χ1v) is 6.65. The number of hydrogen-bond donors (Lipinski definition) is 0. The summed E-state index contributed by atoms with van der Waals surface area (Å²) >= 11 is 0. The Morgan fingerprint density at radius 1 is 0.900 bits per heavy atom. The first kappa shape index (κ1) is 17.1. The molecule has 0 saturated heterocycles. The summed E-state index contributed by atoms with van der Waals surface area (Å²) in [5.74, 6) is 0.994. The van der Waals surface area contributed by atoms with Crippen LogP contribution in [0.4, 0.5) is 0 Å². The van der Waals surface area contributed by atoms with E-state index >= 15 is 0 Å². The van der Waals surface area contributed by atoms with E-state index in [-0.39, 0.29) is 25.8 Å². The van der Waals surface area contributed by atoms with Crippen LogP contribution in [-0.4, -0.2) is 58.0 Å². The molecule has 0 atom stereocenters. The molecule has 0 aromatic heterocycles. The third kappa shape index (κ3) is 5.59. The van der Waals surface area contributed by atoms with E-state index in [9.17, 15) is 0 Å². The molecule has 0 aliphatic carbocycles. The van der Waals surface area contributed by atoms with Crippen LogP contribution in [0.3, 0.4) is 0 Å². The van der Waals surface area contributed by atoms with Crippen LogP contribution in [0.5, 0.6) is 5.75 Å². The van der Waals surface area contributed by atoms with Gasteiger partial charge in [0.25, 0.3) is 0 Å². The smallest absolute Gasteiger partial charge is 0.122 e. The molecule has 0 fully saturated rings. The van der Waals surface area contributed by atoms with E-state index in [4.69, 9.17) is 4.74 Å². The molecule has 0 N–H and O–H groups in total. The molecular formula is C17H21InNO. The van der Waals surface area contributed by atoms with Crippen molar-refractivity contribution in [2.45, 2.75) is 6.42 Å². The molecule has 0 amide bonds. The Morgan fingerprint density at radius 2 is 1.55 bits per heavy atom. The minimum atomic E-state index is 0. The summed E-state index contributed by atoms with van der Waals surface area (Å²) in [5, 5.41) is 0. The van der Waals surface area contributed by atoms with Gasteiger partial charge in [-0.05, 0) is 31.3 Å². The Morgan fingerprint density at radius 3 is 2.25 bits per heavy atom. The fourth-order valence-corrected chi connectivity index (χ4v) is 1.94. The van der Waals surface area contributed by atoms with Gasteiger partial charge in [-0.25, -0.2) is 0 Å². The van der Waals surface area contributed by atoms with Crippen molar-refractivity contribution in [2.24, 2.45) is 0 Å². The first-order valence-electron chi connectivity index (χ1n) is 6.65. The average Bonchev–Trinajstić information content (AvgIpc) is 2.41. The third-order valence-electron chi connectivity index (χ3n) is 3.01. The van der Waals surface area contributed by atoms with Gasteiger partial charge in [-0.3, -0.25) is 0 Å². The van der Waals surface area contributed by atoms with Gasteiger partial charge in [0.1, 0.15) is 12.4 Å². The van der Waals surface area contributed by atoms with Crippen molar-refractivity contribution in [2.75, 3.05) is 27.2 Å². The number of hydrogen-bond acceptors (Lipinski definition) is 2.